The van der Waals surface area contributed by atoms with Gasteiger partial charge < -0.3 is 20.1 Å². The van der Waals surface area contributed by atoms with Crippen molar-refractivity contribution in [3.05, 3.63) is 29.8 Å². The first-order valence-electron chi connectivity index (χ1n) is 10.6. The highest BCUT2D eigenvalue weighted by Crippen LogP contribution is 2.40. The van der Waals surface area contributed by atoms with E-state index < -0.39 is 11.9 Å². The number of methoxy groups -OCH3 is 1. The van der Waals surface area contributed by atoms with Gasteiger partial charge in [0.15, 0.2) is 6.61 Å². The van der Waals surface area contributed by atoms with Crippen LogP contribution in [0.2, 0.25) is 0 Å². The Kier molecular flexibility index (Phi) is 8.69. The highest BCUT2D eigenvalue weighted by Gasteiger charge is 2.32. The fourth-order valence-corrected chi connectivity index (χ4v) is 3.85. The van der Waals surface area contributed by atoms with Gasteiger partial charge in [-0.2, -0.15) is 0 Å². The lowest BCUT2D eigenvalue weighted by Crippen LogP contribution is -2.42. The van der Waals surface area contributed by atoms with Crippen LogP contribution in [0.4, 0.5) is 0 Å². The summed E-state index contributed by atoms with van der Waals surface area (Å²) >= 11 is 0. The first kappa shape index (κ1) is 23.7. The molecule has 30 heavy (non-hydrogen) atoms. The van der Waals surface area contributed by atoms with E-state index in [-0.39, 0.29) is 25.1 Å². The molecule has 7 nitrogen and oxygen atoms in total. The first-order chi connectivity index (χ1) is 14.3. The molecule has 0 atom stereocenters. The lowest BCUT2D eigenvalue weighted by molar-refractivity contribution is -0.147. The lowest BCUT2D eigenvalue weighted by atomic mass is 9.69. The fourth-order valence-electron chi connectivity index (χ4n) is 3.85. The second-order valence-corrected chi connectivity index (χ2v) is 8.50. The SMILES string of the molecule is CCC(C)(C)C1CCC(NC(=O)COC(=O)CNC(=O)c2ccccc2OC)CC1. The summed E-state index contributed by atoms with van der Waals surface area (Å²) in [6, 6.07) is 6.85. The number of para-hydroxylation sites is 1. The van der Waals surface area contributed by atoms with Crippen molar-refractivity contribution in [2.24, 2.45) is 11.3 Å². The van der Waals surface area contributed by atoms with Crippen molar-refractivity contribution in [2.45, 2.75) is 58.9 Å². The molecule has 0 unspecified atom stereocenters. The molecule has 2 amide bonds. The molecule has 0 aliphatic heterocycles. The number of benzene rings is 1. The Morgan fingerprint density at radius 2 is 1.77 bits per heavy atom. The predicted molar refractivity (Wildman–Crippen MR) is 114 cm³/mol. The molecule has 1 aliphatic rings. The van der Waals surface area contributed by atoms with E-state index in [4.69, 9.17) is 9.47 Å². The summed E-state index contributed by atoms with van der Waals surface area (Å²) in [5, 5.41) is 5.43. The molecule has 166 valence electrons. The molecule has 0 aromatic heterocycles. The van der Waals surface area contributed by atoms with E-state index >= 15 is 0 Å². The number of hydrogen-bond acceptors (Lipinski definition) is 5. The van der Waals surface area contributed by atoms with Gasteiger partial charge in [0.1, 0.15) is 12.3 Å². The minimum absolute atomic E-state index is 0.130. The Morgan fingerprint density at radius 3 is 2.40 bits per heavy atom. The van der Waals surface area contributed by atoms with Crippen molar-refractivity contribution in [1.82, 2.24) is 10.6 Å². The van der Waals surface area contributed by atoms with Crippen LogP contribution in [0.5, 0.6) is 5.75 Å². The molecule has 1 saturated carbocycles. The van der Waals surface area contributed by atoms with E-state index in [0.29, 0.717) is 22.6 Å². The lowest BCUT2D eigenvalue weighted by Gasteiger charge is -2.39. The predicted octanol–water partition coefficient (Wildman–Crippen LogP) is 3.08. The maximum absolute atomic E-state index is 12.2. The standard InChI is InChI=1S/C23H34N2O5/c1-5-23(2,3)16-10-12-17(13-11-16)25-20(26)15-30-21(27)14-24-22(28)18-8-6-7-9-19(18)29-4/h6-9,16-17H,5,10-15H2,1-4H3,(H,24,28)(H,25,26). The van der Waals surface area contributed by atoms with E-state index in [2.05, 4.69) is 31.4 Å². The minimum Gasteiger partial charge on any atom is -0.496 e. The monoisotopic (exact) mass is 418 g/mol. The normalized spacial score (nSPS) is 18.9. The summed E-state index contributed by atoms with van der Waals surface area (Å²) < 4.78 is 10.1. The number of carbonyl (C=O) groups excluding carboxylic acids is 3. The quantitative estimate of drug-likeness (QED) is 0.601. The molecule has 1 aliphatic carbocycles. The van der Waals surface area contributed by atoms with E-state index in [9.17, 15) is 14.4 Å². The molecule has 0 heterocycles. The van der Waals surface area contributed by atoms with Crippen molar-refractivity contribution in [3.63, 3.8) is 0 Å². The van der Waals surface area contributed by atoms with Crippen molar-refractivity contribution in [3.8, 4) is 5.75 Å². The summed E-state index contributed by atoms with van der Waals surface area (Å²) in [4.78, 5) is 36.1. The number of nitrogens with one attached hydrogen (secondary N) is 2. The third-order valence-electron chi connectivity index (χ3n) is 6.22. The number of amides is 2. The molecule has 1 aromatic rings. The van der Waals surface area contributed by atoms with Gasteiger partial charge in [-0.25, -0.2) is 0 Å². The highest BCUT2D eigenvalue weighted by molar-refractivity contribution is 5.98. The zero-order chi connectivity index (χ0) is 22.1. The Bertz CT molecular complexity index is 739. The van der Waals surface area contributed by atoms with Crippen LogP contribution in [0, 0.1) is 11.3 Å². The van der Waals surface area contributed by atoms with Gasteiger partial charge in [-0.1, -0.05) is 39.3 Å². The average Bonchev–Trinajstić information content (AvgIpc) is 2.76. The Morgan fingerprint density at radius 1 is 1.10 bits per heavy atom. The Labute approximate surface area is 178 Å². The van der Waals surface area contributed by atoms with Crippen LogP contribution < -0.4 is 15.4 Å². The number of hydrogen-bond donors (Lipinski definition) is 2. The maximum Gasteiger partial charge on any atom is 0.325 e. The number of ether oxygens (including phenoxy) is 2. The van der Waals surface area contributed by atoms with Crippen LogP contribution in [0.25, 0.3) is 0 Å². The minimum atomic E-state index is -0.665. The number of esters is 1. The largest absolute Gasteiger partial charge is 0.496 e. The summed E-state index contributed by atoms with van der Waals surface area (Å²) in [6.45, 7) is 6.18. The van der Waals surface area contributed by atoms with Crippen molar-refractivity contribution >= 4 is 17.8 Å². The van der Waals surface area contributed by atoms with E-state index in [0.717, 1.165) is 32.1 Å². The average molecular weight is 419 g/mol. The van der Waals surface area contributed by atoms with Gasteiger partial charge in [0.25, 0.3) is 11.8 Å². The van der Waals surface area contributed by atoms with Crippen LogP contribution in [0.15, 0.2) is 24.3 Å². The van der Waals surface area contributed by atoms with Gasteiger partial charge in [-0.15, -0.1) is 0 Å². The summed E-state index contributed by atoms with van der Waals surface area (Å²) in [6.07, 6.45) is 5.24. The van der Waals surface area contributed by atoms with Crippen LogP contribution in [0.3, 0.4) is 0 Å². The van der Waals surface area contributed by atoms with Crippen LogP contribution in [0.1, 0.15) is 63.2 Å². The molecule has 0 radical (unpaired) electrons. The summed E-state index contributed by atoms with van der Waals surface area (Å²) in [7, 11) is 1.47. The number of rotatable bonds is 9. The van der Waals surface area contributed by atoms with Crippen LogP contribution >= 0.6 is 0 Å². The van der Waals surface area contributed by atoms with Gasteiger partial charge in [-0.3, -0.25) is 14.4 Å². The van der Waals surface area contributed by atoms with E-state index in [1.807, 2.05) is 0 Å². The summed E-state index contributed by atoms with van der Waals surface area (Å²) in [5.41, 5.74) is 0.658. The van der Waals surface area contributed by atoms with Gasteiger partial charge in [0, 0.05) is 6.04 Å². The van der Waals surface area contributed by atoms with Crippen molar-refractivity contribution < 1.29 is 23.9 Å². The van der Waals surface area contributed by atoms with E-state index in [1.54, 1.807) is 24.3 Å². The van der Waals surface area contributed by atoms with Crippen molar-refractivity contribution in [1.29, 1.82) is 0 Å². The Hall–Kier alpha value is -2.57. The zero-order valence-electron chi connectivity index (χ0n) is 18.5. The Balaban J connectivity index is 1.68. The molecule has 0 saturated heterocycles. The molecular weight excluding hydrogens is 384 g/mol. The smallest absolute Gasteiger partial charge is 0.325 e. The molecule has 0 bridgehead atoms. The second-order valence-electron chi connectivity index (χ2n) is 8.50. The third kappa shape index (κ3) is 6.75. The van der Waals surface area contributed by atoms with Crippen LogP contribution in [-0.4, -0.2) is 44.1 Å². The number of carbonyl (C=O) groups is 3. The van der Waals surface area contributed by atoms with Gasteiger partial charge >= 0.3 is 5.97 Å². The highest BCUT2D eigenvalue weighted by atomic mass is 16.5. The van der Waals surface area contributed by atoms with Crippen LogP contribution in [-0.2, 0) is 14.3 Å². The molecule has 1 aromatic carbocycles. The molecule has 1 fully saturated rings. The first-order valence-corrected chi connectivity index (χ1v) is 10.6. The summed E-state index contributed by atoms with van der Waals surface area (Å²) in [5.74, 6) is -0.319. The fraction of sp³-hybridized carbons (Fsp3) is 0.609. The van der Waals surface area contributed by atoms with Gasteiger partial charge in [0.05, 0.1) is 12.7 Å². The molecular formula is C23H34N2O5. The maximum atomic E-state index is 12.2. The van der Waals surface area contributed by atoms with Gasteiger partial charge in [-0.05, 0) is 49.1 Å². The second kappa shape index (κ2) is 11.0. The molecule has 2 N–H and O–H groups in total. The van der Waals surface area contributed by atoms with Crippen molar-refractivity contribution in [2.75, 3.05) is 20.3 Å². The van der Waals surface area contributed by atoms with Gasteiger partial charge in [0.2, 0.25) is 0 Å². The molecule has 0 spiro atoms. The zero-order valence-corrected chi connectivity index (χ0v) is 18.5. The topological polar surface area (TPSA) is 93.7 Å². The van der Waals surface area contributed by atoms with E-state index in [1.165, 1.54) is 7.11 Å². The third-order valence-corrected chi connectivity index (χ3v) is 6.22. The molecule has 2 rings (SSSR count). The molecule has 7 heteroatoms.